The van der Waals surface area contributed by atoms with Gasteiger partial charge in [-0.2, -0.15) is 0 Å². The van der Waals surface area contributed by atoms with Gasteiger partial charge in [-0.3, -0.25) is 11.7 Å². The highest BCUT2D eigenvalue weighted by molar-refractivity contribution is 9.14. The van der Waals surface area contributed by atoms with Gasteiger partial charge in [0.15, 0.2) is 11.0 Å². The monoisotopic (exact) mass is 554 g/mol. The lowest BCUT2D eigenvalue weighted by molar-refractivity contribution is -0.257. The fraction of sp³-hybridized carbons (Fsp3) is 0.500. The first-order valence-electron chi connectivity index (χ1n) is 6.37. The molecule has 25 heavy (non-hydrogen) atoms. The van der Waals surface area contributed by atoms with Gasteiger partial charge in [-0.05, 0) is 47.8 Å². The summed E-state index contributed by atoms with van der Waals surface area (Å²) in [5.41, 5.74) is 0. The van der Waals surface area contributed by atoms with Crippen molar-refractivity contribution in [2.75, 3.05) is 14.2 Å². The first-order chi connectivity index (χ1) is 11.7. The molecule has 1 aliphatic rings. The summed E-state index contributed by atoms with van der Waals surface area (Å²) >= 11 is 9.20. The Labute approximate surface area is 168 Å². The van der Waals surface area contributed by atoms with E-state index in [4.69, 9.17) is 28.8 Å². The highest BCUT2D eigenvalue weighted by Gasteiger charge is 2.47. The summed E-state index contributed by atoms with van der Waals surface area (Å²) in [6.45, 7) is 0. The zero-order valence-electron chi connectivity index (χ0n) is 13.1. The molecule has 2 rings (SSSR count). The van der Waals surface area contributed by atoms with Crippen LogP contribution in [0.5, 0.6) is 0 Å². The summed E-state index contributed by atoms with van der Waals surface area (Å²) in [5.74, 6) is 4.16. The molecule has 10 nitrogen and oxygen atoms in total. The minimum Gasteiger partial charge on any atom is -0.477 e. The van der Waals surface area contributed by atoms with Crippen molar-refractivity contribution in [1.82, 2.24) is 0 Å². The van der Waals surface area contributed by atoms with E-state index in [-0.39, 0.29) is 5.76 Å². The molecule has 1 aromatic rings. The number of nitrogens with two attached hydrogens (primary N) is 2. The molecule has 0 amide bonds. The fourth-order valence-electron chi connectivity index (χ4n) is 1.70. The van der Waals surface area contributed by atoms with Crippen LogP contribution in [0.3, 0.4) is 0 Å². The van der Waals surface area contributed by atoms with Crippen LogP contribution in [0.2, 0.25) is 0 Å². The molecule has 2 atom stereocenters. The zero-order valence-corrected chi connectivity index (χ0v) is 17.9. The molecule has 0 radical (unpaired) electrons. The maximum absolute atomic E-state index is 10.7. The van der Waals surface area contributed by atoms with Crippen LogP contribution in [0.1, 0.15) is 23.4 Å². The van der Waals surface area contributed by atoms with Crippen LogP contribution in [0.4, 0.5) is 0 Å². The number of carbonyl (C=O) groups is 2. The molecule has 0 aromatic carbocycles. The van der Waals surface area contributed by atoms with Crippen molar-refractivity contribution in [3.63, 3.8) is 0 Å². The molecule has 2 unspecified atom stereocenters. The summed E-state index contributed by atoms with van der Waals surface area (Å²) in [5, 5.41) is 17.3. The predicted molar refractivity (Wildman–Crippen MR) is 95.6 cm³/mol. The summed E-state index contributed by atoms with van der Waals surface area (Å²) in [6, 6.07) is 0. The number of methoxy groups -OCH3 is 2. The van der Waals surface area contributed by atoms with Gasteiger partial charge in [0, 0.05) is 27.1 Å². The second-order valence-electron chi connectivity index (χ2n) is 4.22. The van der Waals surface area contributed by atoms with Gasteiger partial charge in [0.2, 0.25) is 5.76 Å². The molecular formula is C12H17Br3N2O8. The smallest absolute Gasteiger partial charge is 0.373 e. The van der Waals surface area contributed by atoms with Gasteiger partial charge in [0.25, 0.3) is 5.79 Å². The van der Waals surface area contributed by atoms with Crippen molar-refractivity contribution in [2.45, 2.75) is 24.9 Å². The lowest BCUT2D eigenvalue weighted by atomic mass is 10.2. The average molecular weight is 557 g/mol. The van der Waals surface area contributed by atoms with Gasteiger partial charge >= 0.3 is 11.9 Å². The van der Waals surface area contributed by atoms with Gasteiger partial charge in [0.1, 0.15) is 0 Å². The molecule has 13 heteroatoms. The lowest BCUT2D eigenvalue weighted by Gasteiger charge is -2.21. The van der Waals surface area contributed by atoms with E-state index in [1.807, 2.05) is 0 Å². The Hall–Kier alpha value is -0.540. The first-order valence-corrected chi connectivity index (χ1v) is 8.75. The normalized spacial score (nSPS) is 21.6. The van der Waals surface area contributed by atoms with E-state index >= 15 is 0 Å². The van der Waals surface area contributed by atoms with Crippen LogP contribution in [0.15, 0.2) is 18.0 Å². The third-order valence-corrected chi connectivity index (χ3v) is 6.04. The molecule has 6 N–H and O–H groups in total. The zero-order chi connectivity index (χ0) is 19.8. The maximum atomic E-state index is 10.7. The maximum Gasteiger partial charge on any atom is 0.373 e. The molecular weight excluding hydrogens is 540 g/mol. The lowest BCUT2D eigenvalue weighted by Crippen LogP contribution is -2.40. The summed E-state index contributed by atoms with van der Waals surface area (Å²) in [7, 11) is 2.78. The van der Waals surface area contributed by atoms with Crippen LogP contribution in [0, 0.1) is 0 Å². The van der Waals surface area contributed by atoms with Crippen LogP contribution in [-0.2, 0) is 19.0 Å². The summed E-state index contributed by atoms with van der Waals surface area (Å²) in [6.07, 6.45) is 0.384. The molecule has 1 saturated heterocycles. The van der Waals surface area contributed by atoms with E-state index in [1.54, 1.807) is 0 Å². The summed E-state index contributed by atoms with van der Waals surface area (Å²) in [4.78, 5) is 21.1. The molecule has 2 heterocycles. The Morgan fingerprint density at radius 1 is 1.20 bits per heavy atom. The fourth-order valence-corrected chi connectivity index (χ4v) is 3.02. The van der Waals surface area contributed by atoms with Crippen LogP contribution >= 0.6 is 47.8 Å². The quantitative estimate of drug-likeness (QED) is 0.319. The Kier molecular flexibility index (Phi) is 11.0. The Bertz CT molecular complexity index is 597. The van der Waals surface area contributed by atoms with Gasteiger partial charge in [-0.15, -0.1) is 0 Å². The van der Waals surface area contributed by atoms with Crippen LogP contribution < -0.4 is 11.7 Å². The number of furan rings is 1. The molecule has 0 aliphatic carbocycles. The topological polar surface area (TPSA) is 167 Å². The Balaban J connectivity index is 0.000000421. The number of rotatable bonds is 4. The van der Waals surface area contributed by atoms with Crippen molar-refractivity contribution < 1.29 is 38.4 Å². The van der Waals surface area contributed by atoms with E-state index in [0.717, 1.165) is 0 Å². The van der Waals surface area contributed by atoms with E-state index in [9.17, 15) is 9.59 Å². The predicted octanol–water partition coefficient (Wildman–Crippen LogP) is 2.28. The third kappa shape index (κ3) is 6.29. The minimum absolute atomic E-state index is 0.122. The molecule has 144 valence electrons. The van der Waals surface area contributed by atoms with Gasteiger partial charge < -0.3 is 28.8 Å². The van der Waals surface area contributed by atoms with Crippen molar-refractivity contribution in [3.8, 4) is 0 Å². The number of hydrogen-bond donors (Lipinski definition) is 4. The van der Waals surface area contributed by atoms with Gasteiger partial charge in [-0.25, -0.2) is 9.59 Å². The average Bonchev–Trinajstić information content (AvgIpc) is 3.15. The SMILES string of the molecule is COC1CCC(OC)(C(=O)O)O1.NN.O=C(O)c1oc(Br)c(Br)c1Br. The number of ether oxygens (including phenoxy) is 3. The van der Waals surface area contributed by atoms with E-state index in [1.165, 1.54) is 14.2 Å². The van der Waals surface area contributed by atoms with Crippen LogP contribution in [0.25, 0.3) is 0 Å². The van der Waals surface area contributed by atoms with E-state index < -0.39 is 24.0 Å². The number of aromatic carboxylic acids is 1. The van der Waals surface area contributed by atoms with Crippen LogP contribution in [-0.4, -0.2) is 48.4 Å². The molecule has 0 bridgehead atoms. The Morgan fingerprint density at radius 3 is 1.96 bits per heavy atom. The van der Waals surface area contributed by atoms with Crippen molar-refractivity contribution in [3.05, 3.63) is 19.4 Å². The highest BCUT2D eigenvalue weighted by Crippen LogP contribution is 2.36. The summed E-state index contributed by atoms with van der Waals surface area (Å²) < 4.78 is 20.9. The van der Waals surface area contributed by atoms with Crippen molar-refractivity contribution >= 4 is 59.7 Å². The number of aliphatic carboxylic acids is 1. The first kappa shape index (κ1) is 24.5. The second-order valence-corrected chi connectivity index (χ2v) is 6.53. The molecule has 1 aliphatic heterocycles. The molecule has 1 aromatic heterocycles. The molecule has 1 fully saturated rings. The van der Waals surface area contributed by atoms with E-state index in [2.05, 4.69) is 59.5 Å². The van der Waals surface area contributed by atoms with Crippen molar-refractivity contribution in [1.29, 1.82) is 0 Å². The number of carboxylic acids is 2. The second kappa shape index (κ2) is 11.2. The number of hydrogen-bond acceptors (Lipinski definition) is 8. The number of hydrazine groups is 1. The largest absolute Gasteiger partial charge is 0.477 e. The van der Waals surface area contributed by atoms with Crippen molar-refractivity contribution in [2.24, 2.45) is 11.7 Å². The Morgan fingerprint density at radius 2 is 1.76 bits per heavy atom. The minimum atomic E-state index is -1.50. The standard InChI is InChI=1S/C7H12O5.C5HBr3O3.H4N2/c1-10-5-3-4-7(11-2,12-5)6(8)9;6-1-2(7)4(8)11-3(1)5(9)10;1-2/h5H,3-4H2,1-2H3,(H,8,9);(H,9,10);1-2H2. The van der Waals surface area contributed by atoms with Gasteiger partial charge in [0.05, 0.1) is 8.95 Å². The third-order valence-electron chi connectivity index (χ3n) is 2.90. The van der Waals surface area contributed by atoms with Gasteiger partial charge in [-0.1, -0.05) is 0 Å². The number of carboxylic acid groups (broad SMARTS) is 2. The molecule has 0 spiro atoms. The van der Waals surface area contributed by atoms with E-state index in [0.29, 0.717) is 26.5 Å². The highest BCUT2D eigenvalue weighted by atomic mass is 79.9. The number of halogens is 3. The molecule has 0 saturated carbocycles.